The first-order chi connectivity index (χ1) is 14.5. The van der Waals surface area contributed by atoms with Crippen LogP contribution in [0.4, 0.5) is 4.39 Å². The van der Waals surface area contributed by atoms with Gasteiger partial charge in [-0.05, 0) is 42.4 Å². The summed E-state index contributed by atoms with van der Waals surface area (Å²) in [6, 6.07) is 15.0. The number of hydrogen-bond acceptors (Lipinski definition) is 2. The molecule has 30 heavy (non-hydrogen) atoms. The van der Waals surface area contributed by atoms with Crippen LogP contribution in [-0.2, 0) is 9.59 Å². The highest BCUT2D eigenvalue weighted by Gasteiger charge is 2.32. The molecule has 0 radical (unpaired) electrons. The number of ketones is 1. The lowest BCUT2D eigenvalue weighted by atomic mass is 9.89. The predicted molar refractivity (Wildman–Crippen MR) is 117 cm³/mol. The maximum atomic E-state index is 14.6. The summed E-state index contributed by atoms with van der Waals surface area (Å²) >= 11 is 0. The lowest BCUT2D eigenvalue weighted by Gasteiger charge is -2.15. The van der Waals surface area contributed by atoms with Gasteiger partial charge in [0.1, 0.15) is 11.6 Å². The molecule has 158 valence electrons. The highest BCUT2D eigenvalue weighted by Crippen LogP contribution is 2.34. The molecule has 3 rings (SSSR count). The molecular weight excluding hydrogens is 379 g/mol. The van der Waals surface area contributed by atoms with Gasteiger partial charge in [-0.15, -0.1) is 0 Å². The van der Waals surface area contributed by atoms with Crippen molar-refractivity contribution in [2.45, 2.75) is 51.4 Å². The Balaban J connectivity index is 1.56. The van der Waals surface area contributed by atoms with Crippen molar-refractivity contribution in [3.63, 3.8) is 0 Å². The standard InChI is InChI=1S/C26H29FO3/c27-24-18-22(19-8-4-3-5-9-19)15-14-21(24)13-12-20-16-17-25(28)23(20)10-6-1-2-7-11-26(29)30/h3-5,8-9,12-15,18,20,23H,1-2,6-7,10-11,16-17H2,(H,29,30)/b13-12+. The maximum absolute atomic E-state index is 14.6. The average molecular weight is 409 g/mol. The number of hydrogen-bond donors (Lipinski definition) is 1. The van der Waals surface area contributed by atoms with Crippen molar-refractivity contribution in [1.29, 1.82) is 0 Å². The molecular formula is C26H29FO3. The van der Waals surface area contributed by atoms with E-state index in [2.05, 4.69) is 0 Å². The molecule has 2 aromatic rings. The number of carbonyl (C=O) groups is 2. The fourth-order valence-electron chi connectivity index (χ4n) is 4.23. The van der Waals surface area contributed by atoms with E-state index in [1.165, 1.54) is 0 Å². The van der Waals surface area contributed by atoms with Crippen LogP contribution < -0.4 is 0 Å². The first kappa shape index (κ1) is 21.9. The van der Waals surface area contributed by atoms with Crippen molar-refractivity contribution in [1.82, 2.24) is 0 Å². The third-order valence-corrected chi connectivity index (χ3v) is 5.94. The minimum atomic E-state index is -0.754. The van der Waals surface area contributed by atoms with Gasteiger partial charge in [-0.3, -0.25) is 9.59 Å². The molecule has 1 aliphatic carbocycles. The molecule has 0 aromatic heterocycles. The Labute approximate surface area is 177 Å². The lowest BCUT2D eigenvalue weighted by molar-refractivity contribution is -0.137. The molecule has 3 nitrogen and oxygen atoms in total. The third kappa shape index (κ3) is 6.12. The first-order valence-electron chi connectivity index (χ1n) is 10.8. The quantitative estimate of drug-likeness (QED) is 0.455. The lowest BCUT2D eigenvalue weighted by Crippen LogP contribution is -2.13. The minimum Gasteiger partial charge on any atom is -0.481 e. The van der Waals surface area contributed by atoms with Gasteiger partial charge in [0.25, 0.3) is 0 Å². The van der Waals surface area contributed by atoms with Gasteiger partial charge >= 0.3 is 5.97 Å². The summed E-state index contributed by atoms with van der Waals surface area (Å²) in [5, 5.41) is 8.68. The Hall–Kier alpha value is -2.75. The Kier molecular flexibility index (Phi) is 7.95. The molecule has 2 atom stereocenters. The van der Waals surface area contributed by atoms with Crippen LogP contribution in [0.2, 0.25) is 0 Å². The molecule has 0 aliphatic heterocycles. The fourth-order valence-corrected chi connectivity index (χ4v) is 4.23. The molecule has 0 bridgehead atoms. The van der Waals surface area contributed by atoms with Gasteiger partial charge in [-0.2, -0.15) is 0 Å². The van der Waals surface area contributed by atoms with Gasteiger partial charge in [-0.1, -0.05) is 73.9 Å². The Bertz CT molecular complexity index is 888. The second-order valence-corrected chi connectivity index (χ2v) is 8.08. The Morgan fingerprint density at radius 1 is 1.03 bits per heavy atom. The van der Waals surface area contributed by atoms with Crippen LogP contribution in [-0.4, -0.2) is 16.9 Å². The van der Waals surface area contributed by atoms with Crippen LogP contribution in [0.3, 0.4) is 0 Å². The van der Waals surface area contributed by atoms with Crippen molar-refractivity contribution in [2.75, 3.05) is 0 Å². The van der Waals surface area contributed by atoms with Crippen LogP contribution in [0.1, 0.15) is 56.9 Å². The number of rotatable bonds is 10. The summed E-state index contributed by atoms with van der Waals surface area (Å²) in [5.41, 5.74) is 2.38. The Morgan fingerprint density at radius 2 is 1.80 bits per heavy atom. The normalized spacial score (nSPS) is 18.9. The number of carbonyl (C=O) groups excluding carboxylic acids is 1. The van der Waals surface area contributed by atoms with E-state index in [1.54, 1.807) is 12.1 Å². The number of carboxylic acid groups (broad SMARTS) is 1. The highest BCUT2D eigenvalue weighted by molar-refractivity contribution is 5.84. The summed E-state index contributed by atoms with van der Waals surface area (Å²) in [4.78, 5) is 22.8. The monoisotopic (exact) mass is 408 g/mol. The SMILES string of the molecule is O=C(O)CCCCCCC1C(=O)CCC1/C=C/c1ccc(-c2ccccc2)cc1F. The van der Waals surface area contributed by atoms with Crippen LogP contribution >= 0.6 is 0 Å². The maximum Gasteiger partial charge on any atom is 0.303 e. The fraction of sp³-hybridized carbons (Fsp3) is 0.385. The molecule has 4 heteroatoms. The topological polar surface area (TPSA) is 54.4 Å². The van der Waals surface area contributed by atoms with Gasteiger partial charge in [-0.25, -0.2) is 4.39 Å². The summed E-state index contributed by atoms with van der Waals surface area (Å²) in [7, 11) is 0. The number of allylic oxidation sites excluding steroid dienone is 1. The zero-order valence-corrected chi connectivity index (χ0v) is 17.2. The van der Waals surface area contributed by atoms with Crippen molar-refractivity contribution >= 4 is 17.8 Å². The number of aliphatic carboxylic acids is 1. The third-order valence-electron chi connectivity index (χ3n) is 5.94. The summed E-state index contributed by atoms with van der Waals surface area (Å²) in [5.74, 6) is -0.547. The van der Waals surface area contributed by atoms with Crippen LogP contribution in [0, 0.1) is 17.7 Å². The summed E-state index contributed by atoms with van der Waals surface area (Å²) in [6.45, 7) is 0. The second kappa shape index (κ2) is 10.9. The smallest absolute Gasteiger partial charge is 0.303 e. The van der Waals surface area contributed by atoms with E-state index in [0.717, 1.165) is 43.2 Å². The number of halogens is 1. The number of Topliss-reactive ketones (excluding diaryl/α,β-unsaturated/α-hetero) is 1. The van der Waals surface area contributed by atoms with E-state index in [1.807, 2.05) is 48.6 Å². The number of unbranched alkanes of at least 4 members (excludes halogenated alkanes) is 3. The van der Waals surface area contributed by atoms with Crippen molar-refractivity contribution in [3.8, 4) is 11.1 Å². The highest BCUT2D eigenvalue weighted by atomic mass is 19.1. The zero-order valence-electron chi connectivity index (χ0n) is 17.2. The van der Waals surface area contributed by atoms with E-state index in [4.69, 9.17) is 5.11 Å². The van der Waals surface area contributed by atoms with Crippen molar-refractivity contribution in [2.24, 2.45) is 11.8 Å². The van der Waals surface area contributed by atoms with E-state index < -0.39 is 5.97 Å². The molecule has 2 aromatic carbocycles. The zero-order chi connectivity index (χ0) is 21.3. The molecule has 0 heterocycles. The molecule has 2 unspecified atom stereocenters. The summed E-state index contributed by atoms with van der Waals surface area (Å²) < 4.78 is 14.6. The van der Waals surface area contributed by atoms with Gasteiger partial charge in [0.2, 0.25) is 0 Å². The minimum absolute atomic E-state index is 0.00683. The molecule has 1 saturated carbocycles. The van der Waals surface area contributed by atoms with Gasteiger partial charge in [0.15, 0.2) is 0 Å². The molecule has 0 spiro atoms. The second-order valence-electron chi connectivity index (χ2n) is 8.08. The van der Waals surface area contributed by atoms with Crippen molar-refractivity contribution in [3.05, 3.63) is 66.0 Å². The average Bonchev–Trinajstić information content (AvgIpc) is 3.09. The van der Waals surface area contributed by atoms with Gasteiger partial charge in [0.05, 0.1) is 0 Å². The first-order valence-corrected chi connectivity index (χ1v) is 10.8. The molecule has 0 amide bonds. The molecule has 1 fully saturated rings. The Morgan fingerprint density at radius 3 is 2.53 bits per heavy atom. The van der Waals surface area contributed by atoms with Gasteiger partial charge in [0, 0.05) is 24.3 Å². The number of carboxylic acids is 1. The van der Waals surface area contributed by atoms with E-state index in [9.17, 15) is 14.0 Å². The molecule has 0 saturated heterocycles. The van der Waals surface area contributed by atoms with E-state index in [-0.39, 0.29) is 24.1 Å². The number of benzene rings is 2. The van der Waals surface area contributed by atoms with E-state index in [0.29, 0.717) is 24.2 Å². The van der Waals surface area contributed by atoms with E-state index >= 15 is 0 Å². The van der Waals surface area contributed by atoms with Gasteiger partial charge < -0.3 is 5.11 Å². The van der Waals surface area contributed by atoms with Crippen LogP contribution in [0.15, 0.2) is 54.6 Å². The van der Waals surface area contributed by atoms with Crippen LogP contribution in [0.25, 0.3) is 17.2 Å². The molecule has 1 aliphatic rings. The molecule has 1 N–H and O–H groups in total. The van der Waals surface area contributed by atoms with Crippen LogP contribution in [0.5, 0.6) is 0 Å². The van der Waals surface area contributed by atoms with Crippen molar-refractivity contribution < 1.29 is 19.1 Å². The summed E-state index contributed by atoms with van der Waals surface area (Å²) in [6.07, 6.45) is 9.72. The largest absolute Gasteiger partial charge is 0.481 e. The predicted octanol–water partition coefficient (Wildman–Crippen LogP) is 6.53.